The first-order chi connectivity index (χ1) is 13.5. The molecule has 3 aromatic rings. The number of nitrogens with zero attached hydrogens (tertiary/aromatic N) is 3. The van der Waals surface area contributed by atoms with Crippen LogP contribution < -0.4 is 14.8 Å². The molecule has 0 bridgehead atoms. The monoisotopic (exact) mass is 400 g/mol. The SMILES string of the molecule is CCOc1c(Cl)cc(/C=C/C(=O)N[C@@H](C)c2nnc3ccccn23)cc1OC. The summed E-state index contributed by atoms with van der Waals surface area (Å²) in [6.45, 7) is 4.20. The van der Waals surface area contributed by atoms with Crippen LogP contribution >= 0.6 is 11.6 Å². The first-order valence-corrected chi connectivity index (χ1v) is 9.19. The maximum absolute atomic E-state index is 12.3. The molecule has 3 rings (SSSR count). The van der Waals surface area contributed by atoms with Crippen molar-refractivity contribution < 1.29 is 14.3 Å². The Labute approximate surface area is 167 Å². The summed E-state index contributed by atoms with van der Waals surface area (Å²) in [6, 6.07) is 8.79. The number of hydrogen-bond acceptors (Lipinski definition) is 5. The van der Waals surface area contributed by atoms with Gasteiger partial charge in [-0.25, -0.2) is 0 Å². The molecule has 0 radical (unpaired) electrons. The molecule has 0 saturated heterocycles. The summed E-state index contributed by atoms with van der Waals surface area (Å²) >= 11 is 6.26. The molecule has 0 unspecified atom stereocenters. The van der Waals surface area contributed by atoms with E-state index in [0.29, 0.717) is 29.0 Å². The Hall–Kier alpha value is -3.06. The molecule has 146 valence electrons. The maximum atomic E-state index is 12.3. The summed E-state index contributed by atoms with van der Waals surface area (Å²) in [7, 11) is 1.54. The Kier molecular flexibility index (Phi) is 6.16. The molecule has 0 fully saturated rings. The third-order valence-corrected chi connectivity index (χ3v) is 4.33. The van der Waals surface area contributed by atoms with Gasteiger partial charge in [-0.2, -0.15) is 0 Å². The van der Waals surface area contributed by atoms with Crippen LogP contribution in [0.5, 0.6) is 11.5 Å². The molecule has 7 nitrogen and oxygen atoms in total. The van der Waals surface area contributed by atoms with Crippen LogP contribution in [0, 0.1) is 0 Å². The molecule has 1 aromatic carbocycles. The van der Waals surface area contributed by atoms with Gasteiger partial charge >= 0.3 is 0 Å². The van der Waals surface area contributed by atoms with E-state index in [-0.39, 0.29) is 11.9 Å². The van der Waals surface area contributed by atoms with E-state index in [2.05, 4.69) is 15.5 Å². The van der Waals surface area contributed by atoms with Crippen LogP contribution in [0.2, 0.25) is 5.02 Å². The number of aromatic nitrogens is 3. The lowest BCUT2D eigenvalue weighted by molar-refractivity contribution is -0.117. The minimum atomic E-state index is -0.312. The van der Waals surface area contributed by atoms with Gasteiger partial charge in [0.15, 0.2) is 23.0 Å². The van der Waals surface area contributed by atoms with Crippen LogP contribution in [-0.4, -0.2) is 34.2 Å². The Morgan fingerprint density at radius 2 is 2.18 bits per heavy atom. The number of hydrogen-bond donors (Lipinski definition) is 1. The molecule has 0 aliphatic carbocycles. The van der Waals surface area contributed by atoms with Crippen molar-refractivity contribution in [2.24, 2.45) is 0 Å². The number of fused-ring (bicyclic) bond motifs is 1. The van der Waals surface area contributed by atoms with Crippen molar-refractivity contribution in [2.75, 3.05) is 13.7 Å². The van der Waals surface area contributed by atoms with Crippen molar-refractivity contribution in [2.45, 2.75) is 19.9 Å². The highest BCUT2D eigenvalue weighted by molar-refractivity contribution is 6.32. The minimum Gasteiger partial charge on any atom is -0.493 e. The Bertz CT molecular complexity index is 1020. The number of carbonyl (C=O) groups is 1. The van der Waals surface area contributed by atoms with Crippen molar-refractivity contribution in [1.29, 1.82) is 0 Å². The zero-order valence-corrected chi connectivity index (χ0v) is 16.6. The van der Waals surface area contributed by atoms with Crippen LogP contribution in [0.15, 0.2) is 42.6 Å². The number of rotatable bonds is 7. The molecule has 0 spiro atoms. The Balaban J connectivity index is 1.72. The summed E-state index contributed by atoms with van der Waals surface area (Å²) in [5.41, 5.74) is 1.45. The second-order valence-electron chi connectivity index (χ2n) is 6.02. The van der Waals surface area contributed by atoms with Gasteiger partial charge in [0, 0.05) is 12.3 Å². The van der Waals surface area contributed by atoms with E-state index in [0.717, 1.165) is 11.2 Å². The zero-order valence-electron chi connectivity index (χ0n) is 15.8. The van der Waals surface area contributed by atoms with E-state index >= 15 is 0 Å². The molecule has 8 heteroatoms. The molecular weight excluding hydrogens is 380 g/mol. The van der Waals surface area contributed by atoms with E-state index in [9.17, 15) is 4.79 Å². The molecule has 0 aliphatic heterocycles. The highest BCUT2D eigenvalue weighted by atomic mass is 35.5. The van der Waals surface area contributed by atoms with Crippen LogP contribution in [0.1, 0.15) is 31.3 Å². The second kappa shape index (κ2) is 8.75. The first-order valence-electron chi connectivity index (χ1n) is 8.82. The van der Waals surface area contributed by atoms with Crippen molar-refractivity contribution in [1.82, 2.24) is 19.9 Å². The van der Waals surface area contributed by atoms with Gasteiger partial charge in [-0.3, -0.25) is 9.20 Å². The standard InChI is InChI=1S/C20H21ClN4O3/c1-4-28-19-15(21)11-14(12-16(19)27-3)8-9-18(26)22-13(2)20-24-23-17-7-5-6-10-25(17)20/h5-13H,4H2,1-3H3,(H,22,26)/b9-8+/t13-/m0/s1. The molecule has 0 aliphatic rings. The number of methoxy groups -OCH3 is 1. The maximum Gasteiger partial charge on any atom is 0.244 e. The number of benzene rings is 1. The fraction of sp³-hybridized carbons (Fsp3) is 0.250. The van der Waals surface area contributed by atoms with Gasteiger partial charge in [-0.15, -0.1) is 10.2 Å². The third-order valence-electron chi connectivity index (χ3n) is 4.05. The lowest BCUT2D eigenvalue weighted by Gasteiger charge is -2.12. The average Bonchev–Trinajstić information content (AvgIpc) is 3.12. The van der Waals surface area contributed by atoms with Crippen molar-refractivity contribution >= 4 is 29.2 Å². The second-order valence-corrected chi connectivity index (χ2v) is 6.42. The smallest absolute Gasteiger partial charge is 0.244 e. The predicted molar refractivity (Wildman–Crippen MR) is 108 cm³/mol. The largest absolute Gasteiger partial charge is 0.493 e. The molecule has 2 heterocycles. The fourth-order valence-corrected chi connectivity index (χ4v) is 3.05. The van der Waals surface area contributed by atoms with E-state index in [4.69, 9.17) is 21.1 Å². The van der Waals surface area contributed by atoms with Crippen molar-refractivity contribution in [3.63, 3.8) is 0 Å². The molecule has 0 saturated carbocycles. The highest BCUT2D eigenvalue weighted by Gasteiger charge is 2.15. The summed E-state index contributed by atoms with van der Waals surface area (Å²) in [5, 5.41) is 11.6. The number of ether oxygens (including phenoxy) is 2. The van der Waals surface area contributed by atoms with Crippen molar-refractivity contribution in [3.8, 4) is 11.5 Å². The summed E-state index contributed by atoms with van der Waals surface area (Å²) in [4.78, 5) is 12.3. The quantitative estimate of drug-likeness (QED) is 0.612. The van der Waals surface area contributed by atoms with E-state index in [1.165, 1.54) is 6.08 Å². The molecule has 1 atom stereocenters. The van der Waals surface area contributed by atoms with Crippen LogP contribution in [0.3, 0.4) is 0 Å². The van der Waals surface area contributed by atoms with E-state index < -0.39 is 0 Å². The fourth-order valence-electron chi connectivity index (χ4n) is 2.77. The van der Waals surface area contributed by atoms with Gasteiger partial charge in [0.25, 0.3) is 0 Å². The van der Waals surface area contributed by atoms with Crippen LogP contribution in [0.4, 0.5) is 0 Å². The van der Waals surface area contributed by atoms with Crippen LogP contribution in [-0.2, 0) is 4.79 Å². The van der Waals surface area contributed by atoms with Gasteiger partial charge in [-0.05, 0) is 49.8 Å². The molecule has 1 amide bonds. The summed E-state index contributed by atoms with van der Waals surface area (Å²) < 4.78 is 12.7. The Morgan fingerprint density at radius 1 is 1.36 bits per heavy atom. The van der Waals surface area contributed by atoms with Gasteiger partial charge in [0.1, 0.15) is 0 Å². The lowest BCUT2D eigenvalue weighted by atomic mass is 10.2. The lowest BCUT2D eigenvalue weighted by Crippen LogP contribution is -2.26. The highest BCUT2D eigenvalue weighted by Crippen LogP contribution is 2.36. The van der Waals surface area contributed by atoms with Gasteiger partial charge in [0.2, 0.25) is 5.91 Å². The number of halogens is 1. The zero-order chi connectivity index (χ0) is 20.1. The Morgan fingerprint density at radius 3 is 2.93 bits per heavy atom. The number of pyridine rings is 1. The molecular formula is C20H21ClN4O3. The average molecular weight is 401 g/mol. The van der Waals surface area contributed by atoms with Crippen molar-refractivity contribution in [3.05, 3.63) is 59.0 Å². The third kappa shape index (κ3) is 4.26. The van der Waals surface area contributed by atoms with Gasteiger partial charge in [0.05, 0.1) is 24.8 Å². The topological polar surface area (TPSA) is 77.8 Å². The van der Waals surface area contributed by atoms with Gasteiger partial charge in [-0.1, -0.05) is 17.7 Å². The summed E-state index contributed by atoms with van der Waals surface area (Å²) in [5.74, 6) is 1.39. The molecule has 2 aromatic heterocycles. The van der Waals surface area contributed by atoms with E-state index in [1.54, 1.807) is 25.3 Å². The molecule has 28 heavy (non-hydrogen) atoms. The number of nitrogens with one attached hydrogen (secondary N) is 1. The van der Waals surface area contributed by atoms with Crippen LogP contribution in [0.25, 0.3) is 11.7 Å². The number of carbonyl (C=O) groups excluding carboxylic acids is 1. The normalized spacial score (nSPS) is 12.3. The van der Waals surface area contributed by atoms with E-state index in [1.807, 2.05) is 42.6 Å². The first kappa shape index (κ1) is 19.7. The van der Waals surface area contributed by atoms with Gasteiger partial charge < -0.3 is 14.8 Å². The minimum absolute atomic E-state index is 0.260. The number of amides is 1. The predicted octanol–water partition coefficient (Wildman–Crippen LogP) is 3.68. The summed E-state index contributed by atoms with van der Waals surface area (Å²) in [6.07, 6.45) is 4.96. The molecule has 1 N–H and O–H groups in total.